The number of hydrogen-bond donors (Lipinski definition) is 2. The van der Waals surface area contributed by atoms with Crippen molar-refractivity contribution in [3.05, 3.63) is 17.8 Å². The Balaban J connectivity index is 2.13. The highest BCUT2D eigenvalue weighted by atomic mass is 19.1. The van der Waals surface area contributed by atoms with Gasteiger partial charge in [-0.25, -0.2) is 14.4 Å². The van der Waals surface area contributed by atoms with Crippen molar-refractivity contribution in [2.24, 2.45) is 5.92 Å². The summed E-state index contributed by atoms with van der Waals surface area (Å²) in [6, 6.07) is -0.253. The number of rotatable bonds is 6. The minimum absolute atomic E-state index is 0.0183. The van der Waals surface area contributed by atoms with Crippen molar-refractivity contribution >= 4 is 11.8 Å². The first-order valence-corrected chi connectivity index (χ1v) is 6.09. The van der Waals surface area contributed by atoms with Crippen LogP contribution in [0.3, 0.4) is 0 Å². The van der Waals surface area contributed by atoms with E-state index in [9.17, 15) is 9.18 Å². The lowest BCUT2D eigenvalue weighted by Crippen LogP contribution is -2.26. The van der Waals surface area contributed by atoms with Gasteiger partial charge in [0, 0.05) is 6.04 Å². The third-order valence-corrected chi connectivity index (χ3v) is 3.10. The summed E-state index contributed by atoms with van der Waals surface area (Å²) in [5, 5.41) is 11.8. The van der Waals surface area contributed by atoms with Gasteiger partial charge in [0.05, 0.1) is 12.1 Å². The molecule has 1 atom stereocenters. The molecule has 1 saturated carbocycles. The number of nitrogens with one attached hydrogen (secondary N) is 1. The number of halogens is 1. The van der Waals surface area contributed by atoms with Crippen molar-refractivity contribution in [3.8, 4) is 0 Å². The van der Waals surface area contributed by atoms with Crippen LogP contribution in [-0.4, -0.2) is 27.1 Å². The van der Waals surface area contributed by atoms with Crippen LogP contribution in [0.4, 0.5) is 10.2 Å². The lowest BCUT2D eigenvalue weighted by molar-refractivity contribution is -0.137. The molecule has 1 aromatic heterocycles. The molecule has 5 nitrogen and oxygen atoms in total. The Morgan fingerprint density at radius 3 is 2.89 bits per heavy atom. The number of aromatic nitrogens is 2. The number of aryl methyl sites for hydroxylation is 1. The summed E-state index contributed by atoms with van der Waals surface area (Å²) < 4.78 is 13.9. The fourth-order valence-corrected chi connectivity index (χ4v) is 1.95. The van der Waals surface area contributed by atoms with E-state index < -0.39 is 11.8 Å². The van der Waals surface area contributed by atoms with Crippen LogP contribution in [0, 0.1) is 11.7 Å². The Kier molecular flexibility index (Phi) is 3.74. The Morgan fingerprint density at radius 2 is 2.33 bits per heavy atom. The van der Waals surface area contributed by atoms with Crippen molar-refractivity contribution in [1.29, 1.82) is 0 Å². The molecule has 1 aromatic rings. The number of carbonyl (C=O) groups is 1. The SMILES string of the molecule is CCc1ncnc(NC(CC(=O)O)C2CC2)c1F. The molecule has 0 radical (unpaired) electrons. The lowest BCUT2D eigenvalue weighted by Gasteiger charge is -2.17. The summed E-state index contributed by atoms with van der Waals surface area (Å²) in [7, 11) is 0. The summed E-state index contributed by atoms with van der Waals surface area (Å²) in [6.45, 7) is 1.81. The first kappa shape index (κ1) is 12.7. The normalized spacial score (nSPS) is 16.3. The molecule has 0 saturated heterocycles. The number of nitrogens with zero attached hydrogens (tertiary/aromatic N) is 2. The van der Waals surface area contributed by atoms with Crippen LogP contribution in [0.1, 0.15) is 31.9 Å². The van der Waals surface area contributed by atoms with Crippen molar-refractivity contribution in [2.75, 3.05) is 5.32 Å². The highest BCUT2D eigenvalue weighted by Gasteiger charge is 2.33. The molecule has 0 amide bonds. The molecule has 2 N–H and O–H groups in total. The highest BCUT2D eigenvalue weighted by Crippen LogP contribution is 2.35. The van der Waals surface area contributed by atoms with Gasteiger partial charge in [-0.3, -0.25) is 4.79 Å². The summed E-state index contributed by atoms with van der Waals surface area (Å²) in [5.41, 5.74) is 0.345. The van der Waals surface area contributed by atoms with Gasteiger partial charge in [0.15, 0.2) is 11.6 Å². The monoisotopic (exact) mass is 253 g/mol. The van der Waals surface area contributed by atoms with Crippen LogP contribution in [0.25, 0.3) is 0 Å². The molecule has 1 heterocycles. The first-order valence-electron chi connectivity index (χ1n) is 6.09. The van der Waals surface area contributed by atoms with E-state index in [1.54, 1.807) is 0 Å². The fourth-order valence-electron chi connectivity index (χ4n) is 1.95. The molecule has 0 aliphatic heterocycles. The molecule has 1 aliphatic carbocycles. The topological polar surface area (TPSA) is 75.1 Å². The molecule has 1 aliphatic rings. The first-order chi connectivity index (χ1) is 8.61. The van der Waals surface area contributed by atoms with Gasteiger partial charge in [-0.15, -0.1) is 0 Å². The van der Waals surface area contributed by atoms with Crippen LogP contribution in [0.15, 0.2) is 6.33 Å². The summed E-state index contributed by atoms with van der Waals surface area (Å²) in [4.78, 5) is 18.5. The molecular formula is C12H16FN3O2. The van der Waals surface area contributed by atoms with E-state index in [4.69, 9.17) is 5.11 Å². The van der Waals surface area contributed by atoms with Crippen LogP contribution < -0.4 is 5.32 Å². The molecule has 1 unspecified atom stereocenters. The molecule has 2 rings (SSSR count). The highest BCUT2D eigenvalue weighted by molar-refractivity contribution is 5.68. The van der Waals surface area contributed by atoms with Gasteiger partial charge >= 0.3 is 5.97 Å². The van der Waals surface area contributed by atoms with Crippen LogP contribution in [-0.2, 0) is 11.2 Å². The molecule has 0 bridgehead atoms. The second-order valence-corrected chi connectivity index (χ2v) is 4.52. The smallest absolute Gasteiger partial charge is 0.305 e. The van der Waals surface area contributed by atoms with Crippen molar-refractivity contribution in [3.63, 3.8) is 0 Å². The maximum atomic E-state index is 13.9. The standard InChI is InChI=1S/C12H16FN3O2/c1-2-8-11(13)12(15-6-14-8)16-9(5-10(17)18)7-3-4-7/h6-7,9H,2-5H2,1H3,(H,17,18)(H,14,15,16). The van der Waals surface area contributed by atoms with E-state index in [0.717, 1.165) is 12.8 Å². The summed E-state index contributed by atoms with van der Waals surface area (Å²) in [6.07, 6.45) is 3.73. The average molecular weight is 253 g/mol. The zero-order valence-corrected chi connectivity index (χ0v) is 10.2. The van der Waals surface area contributed by atoms with Gasteiger partial charge in [-0.2, -0.15) is 0 Å². The minimum atomic E-state index is -0.885. The van der Waals surface area contributed by atoms with E-state index in [0.29, 0.717) is 18.0 Å². The zero-order valence-electron chi connectivity index (χ0n) is 10.2. The van der Waals surface area contributed by atoms with E-state index in [1.807, 2.05) is 6.92 Å². The quantitative estimate of drug-likeness (QED) is 0.809. The number of hydrogen-bond acceptors (Lipinski definition) is 4. The van der Waals surface area contributed by atoms with Crippen molar-refractivity contribution in [2.45, 2.75) is 38.6 Å². The van der Waals surface area contributed by atoms with Crippen molar-refractivity contribution < 1.29 is 14.3 Å². The van der Waals surface area contributed by atoms with E-state index in [-0.39, 0.29) is 18.3 Å². The molecule has 0 aromatic carbocycles. The number of carboxylic acids is 1. The molecule has 18 heavy (non-hydrogen) atoms. The predicted octanol–water partition coefficient (Wildman–Crippen LogP) is 1.84. The second-order valence-electron chi connectivity index (χ2n) is 4.52. The molecule has 98 valence electrons. The maximum absolute atomic E-state index is 13.9. The van der Waals surface area contributed by atoms with Crippen LogP contribution in [0.5, 0.6) is 0 Å². The average Bonchev–Trinajstić information content (AvgIpc) is 3.14. The maximum Gasteiger partial charge on any atom is 0.305 e. The van der Waals surface area contributed by atoms with Gasteiger partial charge in [0.1, 0.15) is 6.33 Å². The molecule has 1 fully saturated rings. The Hall–Kier alpha value is -1.72. The summed E-state index contributed by atoms with van der Waals surface area (Å²) >= 11 is 0. The van der Waals surface area contributed by atoms with Gasteiger partial charge < -0.3 is 10.4 Å². The third-order valence-electron chi connectivity index (χ3n) is 3.10. The third kappa shape index (κ3) is 2.94. The largest absolute Gasteiger partial charge is 0.481 e. The zero-order chi connectivity index (χ0) is 13.1. The Labute approximate surface area is 104 Å². The van der Waals surface area contributed by atoms with Gasteiger partial charge in [-0.05, 0) is 25.2 Å². The minimum Gasteiger partial charge on any atom is -0.481 e. The number of carboxylic acid groups (broad SMARTS) is 1. The molecular weight excluding hydrogens is 237 g/mol. The number of anilines is 1. The van der Waals surface area contributed by atoms with Gasteiger partial charge in [-0.1, -0.05) is 6.92 Å². The second kappa shape index (κ2) is 5.29. The number of aliphatic carboxylic acids is 1. The Morgan fingerprint density at radius 1 is 1.61 bits per heavy atom. The lowest BCUT2D eigenvalue weighted by atomic mass is 10.1. The van der Waals surface area contributed by atoms with Crippen LogP contribution >= 0.6 is 0 Å². The van der Waals surface area contributed by atoms with Crippen molar-refractivity contribution in [1.82, 2.24) is 9.97 Å². The van der Waals surface area contributed by atoms with Gasteiger partial charge in [0.2, 0.25) is 0 Å². The predicted molar refractivity (Wildman–Crippen MR) is 63.8 cm³/mol. The van der Waals surface area contributed by atoms with E-state index in [1.165, 1.54) is 6.33 Å². The Bertz CT molecular complexity index is 449. The van der Waals surface area contributed by atoms with E-state index >= 15 is 0 Å². The summed E-state index contributed by atoms with van der Waals surface area (Å²) in [5.74, 6) is -0.943. The fraction of sp³-hybridized carbons (Fsp3) is 0.583. The molecule has 6 heteroatoms. The van der Waals surface area contributed by atoms with Gasteiger partial charge in [0.25, 0.3) is 0 Å². The van der Waals surface area contributed by atoms with Crippen LogP contribution in [0.2, 0.25) is 0 Å². The van der Waals surface area contributed by atoms with E-state index in [2.05, 4.69) is 15.3 Å². The molecule has 0 spiro atoms.